The number of piperidine rings is 1. The highest BCUT2D eigenvalue weighted by Gasteiger charge is 2.37. The molecule has 3 aromatic rings. The van der Waals surface area contributed by atoms with Gasteiger partial charge in [0.1, 0.15) is 30.3 Å². The number of halogens is 1. The van der Waals surface area contributed by atoms with Gasteiger partial charge in [-0.15, -0.1) is 0 Å². The molecule has 4 rings (SSSR count). The van der Waals surface area contributed by atoms with Gasteiger partial charge in [-0.3, -0.25) is 25.2 Å². The number of carbonyl (C=O) groups is 4. The van der Waals surface area contributed by atoms with Gasteiger partial charge in [-0.2, -0.15) is 0 Å². The van der Waals surface area contributed by atoms with Crippen LogP contribution in [0.15, 0.2) is 78.9 Å². The summed E-state index contributed by atoms with van der Waals surface area (Å²) in [7, 11) is 0. The highest BCUT2D eigenvalue weighted by molar-refractivity contribution is 6.04. The molecule has 12 heteroatoms. The van der Waals surface area contributed by atoms with Crippen molar-refractivity contribution in [3.63, 3.8) is 0 Å². The monoisotopic (exact) mass is 603 g/mol. The van der Waals surface area contributed by atoms with Crippen LogP contribution >= 0.6 is 0 Å². The summed E-state index contributed by atoms with van der Waals surface area (Å²) in [4.78, 5) is 50.8. The van der Waals surface area contributed by atoms with Crippen molar-refractivity contribution in [3.8, 4) is 0 Å². The fourth-order valence-corrected chi connectivity index (χ4v) is 4.92. The van der Waals surface area contributed by atoms with Crippen LogP contribution in [0.1, 0.15) is 47.9 Å². The minimum atomic E-state index is -1.23. The Morgan fingerprint density at radius 1 is 1.00 bits per heavy atom. The van der Waals surface area contributed by atoms with Crippen molar-refractivity contribution in [2.45, 2.75) is 50.9 Å². The minimum Gasteiger partial charge on any atom is -0.465 e. The number of amidine groups is 1. The molecule has 44 heavy (non-hydrogen) atoms. The zero-order valence-electron chi connectivity index (χ0n) is 24.1. The van der Waals surface area contributed by atoms with Crippen molar-refractivity contribution in [3.05, 3.63) is 107 Å². The van der Waals surface area contributed by atoms with E-state index in [1.807, 2.05) is 30.3 Å². The van der Waals surface area contributed by atoms with Crippen molar-refractivity contribution in [1.82, 2.24) is 20.9 Å². The number of carbonyl (C=O) groups excluding carboxylic acids is 3. The van der Waals surface area contributed by atoms with Gasteiger partial charge < -0.3 is 20.5 Å². The summed E-state index contributed by atoms with van der Waals surface area (Å²) in [6.07, 6.45) is -1.28. The predicted molar refractivity (Wildman–Crippen MR) is 159 cm³/mol. The molecule has 1 fully saturated rings. The highest BCUT2D eigenvalue weighted by Crippen LogP contribution is 2.32. The van der Waals surface area contributed by atoms with Crippen LogP contribution in [0.4, 0.5) is 14.0 Å². The van der Waals surface area contributed by atoms with E-state index in [4.69, 9.17) is 10.1 Å². The second kappa shape index (κ2) is 14.8. The van der Waals surface area contributed by atoms with E-state index in [0.717, 1.165) is 16.0 Å². The van der Waals surface area contributed by atoms with Gasteiger partial charge in [-0.1, -0.05) is 66.7 Å². The Labute approximate surface area is 253 Å². The summed E-state index contributed by atoms with van der Waals surface area (Å²) >= 11 is 0. The summed E-state index contributed by atoms with van der Waals surface area (Å²) in [5.74, 6) is -1.71. The highest BCUT2D eigenvalue weighted by atomic mass is 19.1. The molecule has 0 bridgehead atoms. The predicted octanol–water partition coefficient (Wildman–Crippen LogP) is 4.12. The number of hydrogen-bond donors (Lipinski definition) is 5. The van der Waals surface area contributed by atoms with E-state index in [9.17, 15) is 28.7 Å². The van der Waals surface area contributed by atoms with Crippen LogP contribution < -0.4 is 16.0 Å². The SMILES string of the molecule is CC(NC(=O)[C@H]1C[C@@H](c2ccc(F)cc2)CCN1C(=O)O)C(=O)NCc1ccc(C(=N)NC(=O)OCc2ccccc2)cc1. The van der Waals surface area contributed by atoms with E-state index < -0.39 is 36.1 Å². The number of hydrogen-bond acceptors (Lipinski definition) is 6. The average Bonchev–Trinajstić information content (AvgIpc) is 3.03. The van der Waals surface area contributed by atoms with Gasteiger partial charge in [0.05, 0.1) is 0 Å². The Morgan fingerprint density at radius 3 is 2.34 bits per heavy atom. The third-order valence-electron chi connectivity index (χ3n) is 7.39. The smallest absolute Gasteiger partial charge is 0.413 e. The van der Waals surface area contributed by atoms with Crippen molar-refractivity contribution < 1.29 is 33.4 Å². The molecule has 0 aromatic heterocycles. The Kier molecular flexibility index (Phi) is 10.6. The summed E-state index contributed by atoms with van der Waals surface area (Å²) in [5.41, 5.74) is 2.79. The molecule has 5 N–H and O–H groups in total. The van der Waals surface area contributed by atoms with Crippen molar-refractivity contribution in [1.29, 1.82) is 5.41 Å². The van der Waals surface area contributed by atoms with Gasteiger partial charge in [-0.05, 0) is 54.5 Å². The lowest BCUT2D eigenvalue weighted by atomic mass is 9.85. The number of ether oxygens (including phenoxy) is 1. The van der Waals surface area contributed by atoms with Crippen LogP contribution in [0.2, 0.25) is 0 Å². The lowest BCUT2D eigenvalue weighted by molar-refractivity contribution is -0.132. The Morgan fingerprint density at radius 2 is 1.68 bits per heavy atom. The number of likely N-dealkylation sites (tertiary alicyclic amines) is 1. The molecule has 0 aliphatic carbocycles. The van der Waals surface area contributed by atoms with E-state index in [1.165, 1.54) is 19.1 Å². The maximum atomic E-state index is 13.4. The fraction of sp³-hybridized carbons (Fsp3) is 0.281. The number of carboxylic acid groups (broad SMARTS) is 1. The molecule has 1 aliphatic rings. The first-order valence-corrected chi connectivity index (χ1v) is 14.1. The first-order valence-electron chi connectivity index (χ1n) is 14.1. The summed E-state index contributed by atoms with van der Waals surface area (Å²) in [5, 5.41) is 25.5. The van der Waals surface area contributed by atoms with E-state index >= 15 is 0 Å². The molecular formula is C32H34FN5O6. The normalized spacial score (nSPS) is 16.7. The van der Waals surface area contributed by atoms with Gasteiger partial charge in [0.25, 0.3) is 0 Å². The van der Waals surface area contributed by atoms with Gasteiger partial charge >= 0.3 is 12.2 Å². The molecule has 4 amide bonds. The molecule has 0 spiro atoms. The first kappa shape index (κ1) is 31.7. The number of benzene rings is 3. The number of nitrogens with one attached hydrogen (secondary N) is 4. The summed E-state index contributed by atoms with van der Waals surface area (Å²) in [6.45, 7) is 1.85. The van der Waals surface area contributed by atoms with Crippen LogP contribution in [-0.4, -0.2) is 58.5 Å². The zero-order valence-corrected chi connectivity index (χ0v) is 24.1. The molecular weight excluding hydrogens is 569 g/mol. The molecule has 1 heterocycles. The number of alkyl carbamates (subject to hydrolysis) is 1. The second-order valence-corrected chi connectivity index (χ2v) is 10.5. The maximum Gasteiger partial charge on any atom is 0.413 e. The number of amides is 4. The largest absolute Gasteiger partial charge is 0.465 e. The summed E-state index contributed by atoms with van der Waals surface area (Å²) < 4.78 is 18.5. The third-order valence-corrected chi connectivity index (χ3v) is 7.39. The third kappa shape index (κ3) is 8.63. The lowest BCUT2D eigenvalue weighted by Crippen LogP contribution is -2.56. The van der Waals surface area contributed by atoms with Crippen molar-refractivity contribution in [2.24, 2.45) is 0 Å². The van der Waals surface area contributed by atoms with Gasteiger partial charge in [0, 0.05) is 18.7 Å². The van der Waals surface area contributed by atoms with Crippen LogP contribution in [0.3, 0.4) is 0 Å². The van der Waals surface area contributed by atoms with E-state index in [2.05, 4.69) is 16.0 Å². The first-order chi connectivity index (χ1) is 21.1. The van der Waals surface area contributed by atoms with Crippen LogP contribution in [0, 0.1) is 11.2 Å². The Bertz CT molecular complexity index is 1480. The van der Waals surface area contributed by atoms with Crippen molar-refractivity contribution >= 4 is 29.8 Å². The average molecular weight is 604 g/mol. The number of nitrogens with zero attached hydrogens (tertiary/aromatic N) is 1. The minimum absolute atomic E-state index is 0.0758. The maximum absolute atomic E-state index is 13.4. The molecule has 11 nitrogen and oxygen atoms in total. The topological polar surface area (TPSA) is 161 Å². The molecule has 3 aromatic carbocycles. The van der Waals surface area contributed by atoms with E-state index in [0.29, 0.717) is 17.5 Å². The van der Waals surface area contributed by atoms with E-state index in [1.54, 1.807) is 36.4 Å². The molecule has 0 radical (unpaired) electrons. The van der Waals surface area contributed by atoms with Crippen molar-refractivity contribution in [2.75, 3.05) is 6.54 Å². The molecule has 3 atom stereocenters. The molecule has 1 aliphatic heterocycles. The Hall–Kier alpha value is -5.26. The zero-order chi connectivity index (χ0) is 31.6. The molecule has 1 saturated heterocycles. The lowest BCUT2D eigenvalue weighted by Gasteiger charge is -2.37. The van der Waals surface area contributed by atoms with Gasteiger partial charge in [0.15, 0.2) is 0 Å². The fourth-order valence-electron chi connectivity index (χ4n) is 4.92. The standard InChI is InChI=1S/C32H34FN5O6/c1-20(36-30(40)27-17-25(15-16-38(27)32(42)43)23-11-13-26(33)14-12-23)29(39)35-18-21-7-9-24(10-8-21)28(34)37-31(41)44-19-22-5-3-2-4-6-22/h2-14,20,25,27H,15-19H2,1H3,(H,35,39)(H,36,40)(H,42,43)(H2,34,37,41)/t20?,25-,27+/m0/s1. The van der Waals surface area contributed by atoms with Gasteiger partial charge in [-0.25, -0.2) is 14.0 Å². The molecule has 1 unspecified atom stereocenters. The second-order valence-electron chi connectivity index (χ2n) is 10.5. The van der Waals surface area contributed by atoms with Gasteiger partial charge in [0.2, 0.25) is 11.8 Å². The Balaban J connectivity index is 1.25. The number of rotatable bonds is 9. The van der Waals surface area contributed by atoms with E-state index in [-0.39, 0.29) is 43.7 Å². The molecule has 230 valence electrons. The van der Waals surface area contributed by atoms with Crippen LogP contribution in [0.25, 0.3) is 0 Å². The quantitative estimate of drug-likeness (QED) is 0.183. The summed E-state index contributed by atoms with van der Waals surface area (Å²) in [6, 6.07) is 19.8. The molecule has 0 saturated carbocycles. The van der Waals surface area contributed by atoms with Crippen LogP contribution in [-0.2, 0) is 27.5 Å². The van der Waals surface area contributed by atoms with Crippen LogP contribution in [0.5, 0.6) is 0 Å².